The summed E-state index contributed by atoms with van der Waals surface area (Å²) in [5.41, 5.74) is 0.663. The van der Waals surface area contributed by atoms with E-state index in [9.17, 15) is 9.18 Å². The number of nitrogens with zero attached hydrogens (tertiary/aromatic N) is 2. The number of ether oxygens (including phenoxy) is 1. The van der Waals surface area contributed by atoms with Crippen molar-refractivity contribution in [2.45, 2.75) is 18.6 Å². The molecule has 0 bridgehead atoms. The van der Waals surface area contributed by atoms with Crippen LogP contribution in [0.2, 0.25) is 0 Å². The molecule has 1 aliphatic heterocycles. The van der Waals surface area contributed by atoms with Crippen LogP contribution in [0.25, 0.3) is 10.9 Å². The fourth-order valence-corrected chi connectivity index (χ4v) is 2.26. The summed E-state index contributed by atoms with van der Waals surface area (Å²) < 4.78 is 18.7. The highest BCUT2D eigenvalue weighted by Gasteiger charge is 2.25. The van der Waals surface area contributed by atoms with Crippen LogP contribution in [0.3, 0.4) is 0 Å². The highest BCUT2D eigenvalue weighted by atomic mass is 19.1. The average Bonchev–Trinajstić information content (AvgIpc) is 2.49. The van der Waals surface area contributed by atoms with Gasteiger partial charge in [0, 0.05) is 18.2 Å². The summed E-state index contributed by atoms with van der Waals surface area (Å²) in [5.74, 6) is -0.724. The van der Waals surface area contributed by atoms with Gasteiger partial charge < -0.3 is 15.2 Å². The molecule has 6 nitrogen and oxygen atoms in total. The van der Waals surface area contributed by atoms with E-state index in [0.29, 0.717) is 24.5 Å². The van der Waals surface area contributed by atoms with E-state index in [0.717, 1.165) is 5.39 Å². The van der Waals surface area contributed by atoms with Gasteiger partial charge in [0.1, 0.15) is 6.17 Å². The van der Waals surface area contributed by atoms with E-state index in [2.05, 4.69) is 15.3 Å². The zero-order chi connectivity index (χ0) is 14.8. The molecule has 0 spiro atoms. The number of rotatable bonds is 3. The molecule has 1 saturated heterocycles. The first-order valence-electron chi connectivity index (χ1n) is 6.62. The van der Waals surface area contributed by atoms with Gasteiger partial charge in [-0.15, -0.1) is 0 Å². The van der Waals surface area contributed by atoms with Crippen molar-refractivity contribution in [2.24, 2.45) is 0 Å². The second-order valence-corrected chi connectivity index (χ2v) is 4.90. The smallest absolute Gasteiger partial charge is 0.335 e. The molecule has 1 fully saturated rings. The van der Waals surface area contributed by atoms with E-state index < -0.39 is 12.1 Å². The lowest BCUT2D eigenvalue weighted by molar-refractivity contribution is 0.0284. The highest BCUT2D eigenvalue weighted by Crippen LogP contribution is 2.18. The van der Waals surface area contributed by atoms with Gasteiger partial charge in [0.15, 0.2) is 0 Å². The zero-order valence-corrected chi connectivity index (χ0v) is 11.1. The zero-order valence-electron chi connectivity index (χ0n) is 11.1. The number of fused-ring (bicyclic) bond motifs is 1. The summed E-state index contributed by atoms with van der Waals surface area (Å²) in [6.45, 7) is 0.559. The Kier molecular flexibility index (Phi) is 3.66. The van der Waals surface area contributed by atoms with Crippen molar-refractivity contribution in [1.82, 2.24) is 9.97 Å². The second-order valence-electron chi connectivity index (χ2n) is 4.90. The molecule has 3 rings (SSSR count). The highest BCUT2D eigenvalue weighted by molar-refractivity contribution is 5.93. The lowest BCUT2D eigenvalue weighted by Gasteiger charge is -2.26. The molecule has 0 aliphatic carbocycles. The Bertz CT molecular complexity index is 680. The SMILES string of the molecule is O=C(O)c1ccc2cnc(N[C@H]3CCOC[C@H]3F)nc2c1. The van der Waals surface area contributed by atoms with Gasteiger partial charge in [-0.05, 0) is 18.6 Å². The minimum absolute atomic E-state index is 0.0639. The van der Waals surface area contributed by atoms with Crippen LogP contribution in [0.5, 0.6) is 0 Å². The fraction of sp³-hybridized carbons (Fsp3) is 0.357. The number of aromatic carboxylic acids is 1. The van der Waals surface area contributed by atoms with Crippen molar-refractivity contribution in [3.05, 3.63) is 30.0 Å². The van der Waals surface area contributed by atoms with Crippen molar-refractivity contribution in [1.29, 1.82) is 0 Å². The number of alkyl halides is 1. The Labute approximate surface area is 120 Å². The summed E-state index contributed by atoms with van der Waals surface area (Å²) >= 11 is 0. The maximum Gasteiger partial charge on any atom is 0.335 e. The Morgan fingerprint density at radius 2 is 2.33 bits per heavy atom. The van der Waals surface area contributed by atoms with Crippen LogP contribution < -0.4 is 5.32 Å². The number of carbonyl (C=O) groups is 1. The number of halogens is 1. The Morgan fingerprint density at radius 1 is 1.48 bits per heavy atom. The second kappa shape index (κ2) is 5.61. The lowest BCUT2D eigenvalue weighted by atomic mass is 10.1. The Morgan fingerprint density at radius 3 is 3.10 bits per heavy atom. The number of hydrogen-bond donors (Lipinski definition) is 2. The van der Waals surface area contributed by atoms with E-state index in [1.54, 1.807) is 12.3 Å². The number of anilines is 1. The molecule has 2 heterocycles. The standard InChI is InChI=1S/C14H14FN3O3/c15-10-7-21-4-3-11(10)17-14-16-6-9-2-1-8(13(19)20)5-12(9)18-14/h1-2,5-6,10-11H,3-4,7H2,(H,19,20)(H,16,17,18)/t10-,11+/m1/s1. The number of benzene rings is 1. The fourth-order valence-electron chi connectivity index (χ4n) is 2.26. The predicted molar refractivity (Wildman–Crippen MR) is 74.2 cm³/mol. The monoisotopic (exact) mass is 291 g/mol. The molecule has 1 aliphatic rings. The summed E-state index contributed by atoms with van der Waals surface area (Å²) in [6.07, 6.45) is 1.02. The van der Waals surface area contributed by atoms with E-state index in [1.807, 2.05) is 0 Å². The lowest BCUT2D eigenvalue weighted by Crippen LogP contribution is -2.39. The van der Waals surface area contributed by atoms with Gasteiger partial charge in [0.05, 0.1) is 23.7 Å². The van der Waals surface area contributed by atoms with E-state index in [4.69, 9.17) is 9.84 Å². The Hall–Kier alpha value is -2.28. The van der Waals surface area contributed by atoms with Crippen LogP contribution in [-0.4, -0.2) is 46.5 Å². The largest absolute Gasteiger partial charge is 0.478 e. The minimum atomic E-state index is -1.11. The van der Waals surface area contributed by atoms with Crippen molar-refractivity contribution >= 4 is 22.8 Å². The number of hydrogen-bond acceptors (Lipinski definition) is 5. The molecule has 0 unspecified atom stereocenters. The van der Waals surface area contributed by atoms with Crippen molar-refractivity contribution < 1.29 is 19.0 Å². The molecule has 0 radical (unpaired) electrons. The van der Waals surface area contributed by atoms with Crippen molar-refractivity contribution in [3.8, 4) is 0 Å². The van der Waals surface area contributed by atoms with Gasteiger partial charge in [-0.3, -0.25) is 0 Å². The molecule has 0 amide bonds. The summed E-state index contributed by atoms with van der Waals surface area (Å²) in [4.78, 5) is 19.4. The maximum absolute atomic E-state index is 13.7. The molecule has 1 aromatic heterocycles. The van der Waals surface area contributed by atoms with Crippen LogP contribution in [0.1, 0.15) is 16.8 Å². The molecule has 1 aromatic carbocycles. The number of aromatic nitrogens is 2. The van der Waals surface area contributed by atoms with Gasteiger partial charge in [0.2, 0.25) is 5.95 Å². The van der Waals surface area contributed by atoms with Gasteiger partial charge in [-0.25, -0.2) is 19.2 Å². The molecule has 2 aromatic rings. The molecule has 110 valence electrons. The molecule has 2 atom stereocenters. The third-order valence-corrected chi connectivity index (χ3v) is 3.43. The van der Waals surface area contributed by atoms with Crippen molar-refractivity contribution in [3.63, 3.8) is 0 Å². The molecule has 21 heavy (non-hydrogen) atoms. The van der Waals surface area contributed by atoms with Crippen LogP contribution in [-0.2, 0) is 4.74 Å². The van der Waals surface area contributed by atoms with Crippen molar-refractivity contribution in [2.75, 3.05) is 18.5 Å². The average molecular weight is 291 g/mol. The van der Waals surface area contributed by atoms with Crippen LogP contribution in [0.15, 0.2) is 24.4 Å². The summed E-state index contributed by atoms with van der Waals surface area (Å²) in [7, 11) is 0. The first-order chi connectivity index (χ1) is 10.1. The van der Waals surface area contributed by atoms with E-state index in [-0.39, 0.29) is 18.2 Å². The third-order valence-electron chi connectivity index (χ3n) is 3.43. The number of carboxylic acids is 1. The van der Waals surface area contributed by atoms with Crippen LogP contribution >= 0.6 is 0 Å². The molecule has 0 saturated carbocycles. The molecule has 7 heteroatoms. The predicted octanol–water partition coefficient (Wildman–Crippen LogP) is 1.87. The quantitative estimate of drug-likeness (QED) is 0.898. The van der Waals surface area contributed by atoms with Gasteiger partial charge in [-0.1, -0.05) is 6.07 Å². The first-order valence-corrected chi connectivity index (χ1v) is 6.62. The Balaban J connectivity index is 1.87. The van der Waals surface area contributed by atoms with E-state index >= 15 is 0 Å². The normalized spacial score (nSPS) is 22.1. The van der Waals surface area contributed by atoms with Gasteiger partial charge in [-0.2, -0.15) is 0 Å². The minimum Gasteiger partial charge on any atom is -0.478 e. The topological polar surface area (TPSA) is 84.3 Å². The molecular weight excluding hydrogens is 277 g/mol. The summed E-state index contributed by atoms with van der Waals surface area (Å²) in [6, 6.07) is 4.23. The van der Waals surface area contributed by atoms with Crippen LogP contribution in [0, 0.1) is 0 Å². The first kappa shape index (κ1) is 13.7. The third kappa shape index (κ3) is 2.92. The molecule has 2 N–H and O–H groups in total. The number of nitrogens with one attached hydrogen (secondary N) is 1. The van der Waals surface area contributed by atoms with Gasteiger partial charge in [0.25, 0.3) is 0 Å². The summed E-state index contributed by atoms with van der Waals surface area (Å²) in [5, 5.41) is 12.7. The van der Waals surface area contributed by atoms with Gasteiger partial charge >= 0.3 is 5.97 Å². The van der Waals surface area contributed by atoms with E-state index in [1.165, 1.54) is 12.1 Å². The maximum atomic E-state index is 13.7. The number of carboxylic acid groups (broad SMARTS) is 1. The van der Waals surface area contributed by atoms with Crippen LogP contribution in [0.4, 0.5) is 10.3 Å². The molecular formula is C14H14FN3O3.